The van der Waals surface area contributed by atoms with Crippen molar-refractivity contribution in [3.8, 4) is 6.07 Å². The number of hydrogen-bond donors (Lipinski definition) is 2. The summed E-state index contributed by atoms with van der Waals surface area (Å²) in [7, 11) is 3.72. The number of nitrogens with one attached hydrogen (secondary N) is 2. The van der Waals surface area contributed by atoms with E-state index in [2.05, 4.69) is 26.6 Å². The third-order valence-electron chi connectivity index (χ3n) is 2.58. The predicted octanol–water partition coefficient (Wildman–Crippen LogP) is 2.11. The van der Waals surface area contributed by atoms with Gasteiger partial charge in [0.05, 0.1) is 6.34 Å². The van der Waals surface area contributed by atoms with Gasteiger partial charge in [0.15, 0.2) is 11.6 Å². The van der Waals surface area contributed by atoms with Gasteiger partial charge in [-0.2, -0.15) is 10.4 Å². The molecule has 0 atom stereocenters. The van der Waals surface area contributed by atoms with Crippen molar-refractivity contribution in [2.45, 2.75) is 6.54 Å². The molecule has 102 valence electrons. The van der Waals surface area contributed by atoms with E-state index < -0.39 is 0 Å². The number of aromatic nitrogens is 2. The number of aromatic amines is 1. The maximum atomic E-state index is 9.21. The number of H-pyrrole nitrogens is 1. The van der Waals surface area contributed by atoms with Gasteiger partial charge < -0.3 is 10.2 Å². The Labute approximate surface area is 117 Å². The molecule has 0 spiro atoms. The number of aliphatic imine (C=N–C) groups is 1. The van der Waals surface area contributed by atoms with Crippen LogP contribution in [0.4, 0.5) is 11.6 Å². The van der Waals surface area contributed by atoms with Gasteiger partial charge in [0.2, 0.25) is 0 Å². The highest BCUT2D eigenvalue weighted by Crippen LogP contribution is 2.22. The lowest BCUT2D eigenvalue weighted by Gasteiger charge is -2.03. The molecule has 0 saturated carbocycles. The molecule has 0 amide bonds. The molecular formula is C14H16N6. The summed E-state index contributed by atoms with van der Waals surface area (Å²) in [5, 5.41) is 19.2. The van der Waals surface area contributed by atoms with Crippen LogP contribution in [0.5, 0.6) is 0 Å². The summed E-state index contributed by atoms with van der Waals surface area (Å²) >= 11 is 0. The van der Waals surface area contributed by atoms with E-state index in [0.29, 0.717) is 23.7 Å². The fourth-order valence-corrected chi connectivity index (χ4v) is 1.61. The summed E-state index contributed by atoms with van der Waals surface area (Å²) in [4.78, 5) is 5.96. The van der Waals surface area contributed by atoms with Crippen molar-refractivity contribution >= 4 is 18.0 Å². The maximum absolute atomic E-state index is 9.21. The summed E-state index contributed by atoms with van der Waals surface area (Å²) in [6.45, 7) is 0.608. The van der Waals surface area contributed by atoms with Gasteiger partial charge in [0, 0.05) is 20.6 Å². The van der Waals surface area contributed by atoms with E-state index in [-0.39, 0.29) is 0 Å². The molecule has 0 aliphatic carbocycles. The lowest BCUT2D eigenvalue weighted by molar-refractivity contribution is 0.643. The Morgan fingerprint density at radius 3 is 2.80 bits per heavy atom. The van der Waals surface area contributed by atoms with Crippen LogP contribution in [0.15, 0.2) is 35.3 Å². The Hall–Kier alpha value is -2.81. The second kappa shape index (κ2) is 6.38. The molecule has 0 unspecified atom stereocenters. The molecule has 0 aliphatic heterocycles. The number of rotatable bonds is 5. The van der Waals surface area contributed by atoms with Crippen molar-refractivity contribution in [2.75, 3.05) is 19.4 Å². The smallest absolute Gasteiger partial charge is 0.169 e. The lowest BCUT2D eigenvalue weighted by atomic mass is 10.2. The molecule has 0 fully saturated rings. The second-order valence-corrected chi connectivity index (χ2v) is 4.45. The summed E-state index contributed by atoms with van der Waals surface area (Å²) in [5.74, 6) is 0.971. The van der Waals surface area contributed by atoms with E-state index in [1.165, 1.54) is 0 Å². The van der Waals surface area contributed by atoms with Crippen LogP contribution in [-0.2, 0) is 6.54 Å². The van der Waals surface area contributed by atoms with Crippen LogP contribution in [0, 0.1) is 11.3 Å². The molecule has 0 radical (unpaired) electrons. The van der Waals surface area contributed by atoms with Crippen molar-refractivity contribution in [3.63, 3.8) is 0 Å². The van der Waals surface area contributed by atoms with Crippen molar-refractivity contribution in [1.29, 1.82) is 5.26 Å². The fourth-order valence-electron chi connectivity index (χ4n) is 1.61. The van der Waals surface area contributed by atoms with E-state index in [9.17, 15) is 5.26 Å². The van der Waals surface area contributed by atoms with E-state index in [1.54, 1.807) is 11.2 Å². The monoisotopic (exact) mass is 268 g/mol. The SMILES string of the molecule is CN(C)/C=N\c1[nH]nc(NCc2ccccc2)c1C#N. The molecule has 1 heterocycles. The average Bonchev–Trinajstić information content (AvgIpc) is 2.86. The van der Waals surface area contributed by atoms with Crippen molar-refractivity contribution in [3.05, 3.63) is 41.5 Å². The van der Waals surface area contributed by atoms with Gasteiger partial charge in [-0.15, -0.1) is 0 Å². The van der Waals surface area contributed by atoms with Crippen LogP contribution in [-0.4, -0.2) is 35.5 Å². The molecule has 0 bridgehead atoms. The standard InChI is InChI=1S/C14H16N6/c1-20(2)10-17-14-12(8-15)13(18-19-14)16-9-11-6-4-3-5-7-11/h3-7,10H,9H2,1-2H3,(H2,16,18,19)/b17-10-. The Morgan fingerprint density at radius 1 is 1.40 bits per heavy atom. The van der Waals surface area contributed by atoms with Crippen LogP contribution in [0.25, 0.3) is 0 Å². The molecule has 6 heteroatoms. The van der Waals surface area contributed by atoms with Gasteiger partial charge in [0.25, 0.3) is 0 Å². The Morgan fingerprint density at radius 2 is 2.15 bits per heavy atom. The Kier molecular flexibility index (Phi) is 4.35. The van der Waals surface area contributed by atoms with Gasteiger partial charge in [-0.05, 0) is 5.56 Å². The highest BCUT2D eigenvalue weighted by atomic mass is 15.2. The molecule has 0 saturated heterocycles. The molecule has 20 heavy (non-hydrogen) atoms. The first-order valence-corrected chi connectivity index (χ1v) is 6.17. The molecule has 2 N–H and O–H groups in total. The normalized spacial score (nSPS) is 10.4. The van der Waals surface area contributed by atoms with E-state index >= 15 is 0 Å². The highest BCUT2D eigenvalue weighted by molar-refractivity contribution is 5.68. The van der Waals surface area contributed by atoms with Crippen molar-refractivity contribution in [1.82, 2.24) is 15.1 Å². The minimum atomic E-state index is 0.416. The zero-order valence-electron chi connectivity index (χ0n) is 11.5. The van der Waals surface area contributed by atoms with E-state index in [0.717, 1.165) is 5.56 Å². The minimum absolute atomic E-state index is 0.416. The van der Waals surface area contributed by atoms with Gasteiger partial charge in [0.1, 0.15) is 11.6 Å². The molecule has 6 nitrogen and oxygen atoms in total. The summed E-state index contributed by atoms with van der Waals surface area (Å²) in [5.41, 5.74) is 1.54. The number of nitrogens with zero attached hydrogens (tertiary/aromatic N) is 4. The number of hydrogen-bond acceptors (Lipinski definition) is 4. The second-order valence-electron chi connectivity index (χ2n) is 4.45. The van der Waals surface area contributed by atoms with Crippen LogP contribution in [0.2, 0.25) is 0 Å². The molecule has 2 rings (SSSR count). The van der Waals surface area contributed by atoms with Gasteiger partial charge in [-0.25, -0.2) is 4.99 Å². The highest BCUT2D eigenvalue weighted by Gasteiger charge is 2.11. The largest absolute Gasteiger partial charge is 0.369 e. The summed E-state index contributed by atoms with van der Waals surface area (Å²) < 4.78 is 0. The lowest BCUT2D eigenvalue weighted by Crippen LogP contribution is -2.07. The average molecular weight is 268 g/mol. The first-order valence-electron chi connectivity index (χ1n) is 6.17. The minimum Gasteiger partial charge on any atom is -0.369 e. The van der Waals surface area contributed by atoms with Gasteiger partial charge in [-0.3, -0.25) is 5.10 Å². The van der Waals surface area contributed by atoms with Crippen molar-refractivity contribution < 1.29 is 0 Å². The van der Waals surface area contributed by atoms with Gasteiger partial charge in [-0.1, -0.05) is 30.3 Å². The third kappa shape index (κ3) is 3.36. The number of benzene rings is 1. The Bertz CT molecular complexity index is 621. The first kappa shape index (κ1) is 13.6. The van der Waals surface area contributed by atoms with Crippen molar-refractivity contribution in [2.24, 2.45) is 4.99 Å². The molecule has 1 aromatic heterocycles. The van der Waals surface area contributed by atoms with Crippen LogP contribution in [0.1, 0.15) is 11.1 Å². The summed E-state index contributed by atoms with van der Waals surface area (Å²) in [6, 6.07) is 12.0. The third-order valence-corrected chi connectivity index (χ3v) is 2.58. The molecular weight excluding hydrogens is 252 g/mol. The van der Waals surface area contributed by atoms with Crippen LogP contribution in [0.3, 0.4) is 0 Å². The molecule has 2 aromatic rings. The van der Waals surface area contributed by atoms with Gasteiger partial charge >= 0.3 is 0 Å². The van der Waals surface area contributed by atoms with E-state index in [1.807, 2.05) is 44.4 Å². The Balaban J connectivity index is 2.11. The number of anilines is 1. The first-order chi connectivity index (χ1) is 9.70. The number of nitriles is 1. The quantitative estimate of drug-likeness (QED) is 0.643. The molecule has 1 aromatic carbocycles. The topological polar surface area (TPSA) is 80.1 Å². The van der Waals surface area contributed by atoms with Crippen LogP contribution >= 0.6 is 0 Å². The van der Waals surface area contributed by atoms with Crippen LogP contribution < -0.4 is 5.32 Å². The predicted molar refractivity (Wildman–Crippen MR) is 78.9 cm³/mol. The van der Waals surface area contributed by atoms with E-state index in [4.69, 9.17) is 0 Å². The zero-order valence-corrected chi connectivity index (χ0v) is 11.5. The zero-order chi connectivity index (χ0) is 14.4. The summed E-state index contributed by atoms with van der Waals surface area (Å²) in [6.07, 6.45) is 1.62. The fraction of sp³-hybridized carbons (Fsp3) is 0.214. The molecule has 0 aliphatic rings. The maximum Gasteiger partial charge on any atom is 0.169 e.